The number of carbonyl (C=O) groups excluding carboxylic acids is 1. The summed E-state index contributed by atoms with van der Waals surface area (Å²) < 4.78 is 9.37. The Morgan fingerprint density at radius 2 is 1.57 bits per heavy atom. The summed E-state index contributed by atoms with van der Waals surface area (Å²) in [5.41, 5.74) is 0.574. The quantitative estimate of drug-likeness (QED) is 0.0731. The van der Waals surface area contributed by atoms with Gasteiger partial charge in [0.05, 0.1) is 26.1 Å². The molecule has 5 rings (SSSR count). The molecule has 1 amide bonds. The first-order valence-electron chi connectivity index (χ1n) is 18.0. The van der Waals surface area contributed by atoms with E-state index in [0.717, 1.165) is 29.4 Å². The van der Waals surface area contributed by atoms with E-state index in [4.69, 9.17) is 4.74 Å². The summed E-state index contributed by atoms with van der Waals surface area (Å²) in [7, 11) is 0. The molecule has 13 heteroatoms. The van der Waals surface area contributed by atoms with Gasteiger partial charge in [-0.2, -0.15) is 0 Å². The van der Waals surface area contributed by atoms with Crippen LogP contribution in [0.2, 0.25) is 0 Å². The lowest BCUT2D eigenvalue weighted by Crippen LogP contribution is -2.39. The van der Waals surface area contributed by atoms with Crippen LogP contribution in [0, 0.1) is 0 Å². The fraction of sp³-hybridized carbons (Fsp3) is 0.447. The maximum atomic E-state index is 14.5. The number of imidazole rings is 2. The number of carbonyl (C=O) groups is 1. The molecule has 0 aliphatic heterocycles. The lowest BCUT2D eigenvalue weighted by Gasteiger charge is -2.22. The van der Waals surface area contributed by atoms with Crippen LogP contribution < -0.4 is 21.3 Å². The van der Waals surface area contributed by atoms with Crippen LogP contribution in [0.1, 0.15) is 101 Å². The number of aromatic hydroxyl groups is 1. The largest absolute Gasteiger partial charge is 0.491 e. The van der Waals surface area contributed by atoms with Crippen LogP contribution >= 0.6 is 0 Å². The second-order valence-corrected chi connectivity index (χ2v) is 12.7. The zero-order valence-electron chi connectivity index (χ0n) is 29.5. The van der Waals surface area contributed by atoms with Crippen molar-refractivity contribution >= 4 is 22.8 Å². The molecule has 3 aromatic heterocycles. The van der Waals surface area contributed by atoms with Crippen molar-refractivity contribution in [2.75, 3.05) is 11.9 Å². The van der Waals surface area contributed by atoms with E-state index in [0.29, 0.717) is 17.7 Å². The van der Waals surface area contributed by atoms with Gasteiger partial charge in [0.15, 0.2) is 17.2 Å². The Balaban J connectivity index is 1.57. The minimum atomic E-state index is -1.63. The summed E-state index contributed by atoms with van der Waals surface area (Å²) in [6.45, 7) is 3.99. The molecule has 0 saturated carbocycles. The van der Waals surface area contributed by atoms with Crippen molar-refractivity contribution in [2.24, 2.45) is 0 Å². The molecule has 0 aliphatic carbocycles. The topological polar surface area (TPSA) is 169 Å². The minimum Gasteiger partial charge on any atom is -0.491 e. The molecule has 0 bridgehead atoms. The summed E-state index contributed by atoms with van der Waals surface area (Å²) in [6.07, 6.45) is 12.3. The molecule has 0 fully saturated rings. The van der Waals surface area contributed by atoms with Gasteiger partial charge in [0.1, 0.15) is 5.82 Å². The third-order valence-corrected chi connectivity index (χ3v) is 9.07. The fourth-order valence-corrected chi connectivity index (χ4v) is 6.40. The zero-order chi connectivity index (χ0) is 36.2. The predicted octanol–water partition coefficient (Wildman–Crippen LogP) is 5.88. The summed E-state index contributed by atoms with van der Waals surface area (Å²) in [5, 5.41) is 24.5. The van der Waals surface area contributed by atoms with Gasteiger partial charge in [-0.05, 0) is 25.0 Å². The van der Waals surface area contributed by atoms with Crippen LogP contribution in [0.4, 0.5) is 5.69 Å². The maximum Gasteiger partial charge on any atom is 0.335 e. The number of ether oxygens (including phenoxy) is 1. The number of H-pyrrole nitrogens is 1. The van der Waals surface area contributed by atoms with Crippen LogP contribution in [0.5, 0.6) is 11.8 Å². The van der Waals surface area contributed by atoms with Crippen LogP contribution in [0.3, 0.4) is 0 Å². The molecule has 2 aromatic carbocycles. The number of amides is 1. The standard InChI is InChI=1S/C38H49N7O6/c1-3-5-6-7-8-9-10-11-12-18-23-43-33(42-32-30(35(43)48)39-26-40-32)31(34(47)41-29-22-17-16-21-28(29)25-46)45-36(49)37(51-4-2)44(38(45)50)24-27-19-14-13-15-20-27/h13-17,19-22,26,31,46,49H,3-12,18,23-25H2,1-2H3,(H,39,40)(H,41,47). The number of aromatic amines is 1. The number of nitrogens with zero attached hydrogens (tertiary/aromatic N) is 5. The van der Waals surface area contributed by atoms with E-state index in [1.54, 1.807) is 31.2 Å². The fourth-order valence-electron chi connectivity index (χ4n) is 6.40. The van der Waals surface area contributed by atoms with Gasteiger partial charge in [-0.1, -0.05) is 113 Å². The number of fused-ring (bicyclic) bond motifs is 1. The number of rotatable bonds is 20. The number of hydrogen-bond donors (Lipinski definition) is 4. The second-order valence-electron chi connectivity index (χ2n) is 12.7. The Bertz CT molecular complexity index is 2000. The van der Waals surface area contributed by atoms with Crippen molar-refractivity contribution in [3.05, 3.63) is 98.7 Å². The number of anilines is 1. The van der Waals surface area contributed by atoms with Crippen molar-refractivity contribution in [2.45, 2.75) is 104 Å². The molecule has 1 unspecified atom stereocenters. The van der Waals surface area contributed by atoms with E-state index >= 15 is 0 Å². The van der Waals surface area contributed by atoms with Gasteiger partial charge in [0.2, 0.25) is 0 Å². The molecule has 0 saturated heterocycles. The van der Waals surface area contributed by atoms with E-state index in [1.807, 2.05) is 30.3 Å². The van der Waals surface area contributed by atoms with Gasteiger partial charge in [-0.3, -0.25) is 18.7 Å². The molecule has 0 aliphatic rings. The van der Waals surface area contributed by atoms with Gasteiger partial charge in [-0.25, -0.2) is 19.3 Å². The predicted molar refractivity (Wildman–Crippen MR) is 196 cm³/mol. The number of para-hydroxylation sites is 1. The van der Waals surface area contributed by atoms with Crippen LogP contribution in [-0.2, 0) is 24.5 Å². The van der Waals surface area contributed by atoms with Gasteiger partial charge in [0.25, 0.3) is 23.2 Å². The number of aliphatic hydroxyl groups excluding tert-OH is 1. The lowest BCUT2D eigenvalue weighted by molar-refractivity contribution is -0.118. The molecule has 5 aromatic rings. The highest BCUT2D eigenvalue weighted by molar-refractivity contribution is 5.96. The third kappa shape index (κ3) is 8.77. The SMILES string of the molecule is CCCCCCCCCCCCn1c(C(C(=O)Nc2ccccc2CO)n2c(O)c(OCC)n(Cc3ccccc3)c2=O)nc2nc[nH]c2c1=O. The molecule has 3 heterocycles. The van der Waals surface area contributed by atoms with E-state index in [1.165, 1.54) is 54.0 Å². The highest BCUT2D eigenvalue weighted by Crippen LogP contribution is 2.32. The first-order valence-corrected chi connectivity index (χ1v) is 18.0. The number of unbranched alkanes of at least 4 members (excludes halogenated alkanes) is 9. The number of aromatic nitrogens is 6. The smallest absolute Gasteiger partial charge is 0.335 e. The highest BCUT2D eigenvalue weighted by atomic mass is 16.5. The number of aliphatic hydroxyl groups is 1. The highest BCUT2D eigenvalue weighted by Gasteiger charge is 2.36. The Hall–Kier alpha value is -5.17. The normalized spacial score (nSPS) is 12.0. The lowest BCUT2D eigenvalue weighted by atomic mass is 10.1. The van der Waals surface area contributed by atoms with Crippen molar-refractivity contribution in [1.29, 1.82) is 0 Å². The van der Waals surface area contributed by atoms with Gasteiger partial charge in [0, 0.05) is 17.8 Å². The first kappa shape index (κ1) is 37.1. The van der Waals surface area contributed by atoms with Crippen LogP contribution in [0.25, 0.3) is 11.2 Å². The summed E-state index contributed by atoms with van der Waals surface area (Å²) >= 11 is 0. The van der Waals surface area contributed by atoms with E-state index < -0.39 is 29.1 Å². The molecule has 0 spiro atoms. The molecule has 13 nitrogen and oxygen atoms in total. The van der Waals surface area contributed by atoms with E-state index in [2.05, 4.69) is 27.2 Å². The Morgan fingerprint density at radius 1 is 0.902 bits per heavy atom. The van der Waals surface area contributed by atoms with Gasteiger partial charge >= 0.3 is 5.69 Å². The Labute approximate surface area is 297 Å². The minimum absolute atomic E-state index is 0.0501. The monoisotopic (exact) mass is 699 g/mol. The molecular formula is C38H49N7O6. The number of hydrogen-bond acceptors (Lipinski definition) is 8. The van der Waals surface area contributed by atoms with E-state index in [-0.39, 0.29) is 49.2 Å². The molecule has 4 N–H and O–H groups in total. The van der Waals surface area contributed by atoms with Gasteiger partial charge < -0.3 is 25.3 Å². The maximum absolute atomic E-state index is 14.5. The molecule has 0 radical (unpaired) electrons. The second kappa shape index (κ2) is 18.2. The van der Waals surface area contributed by atoms with Crippen LogP contribution in [-0.4, -0.2) is 51.4 Å². The van der Waals surface area contributed by atoms with Crippen molar-refractivity contribution in [3.8, 4) is 11.8 Å². The number of nitrogens with one attached hydrogen (secondary N) is 2. The Kier molecular flexibility index (Phi) is 13.2. The number of benzene rings is 2. The van der Waals surface area contributed by atoms with Crippen LogP contribution in [0.15, 0.2) is 70.5 Å². The first-order chi connectivity index (χ1) is 24.9. The average molecular weight is 700 g/mol. The summed E-state index contributed by atoms with van der Waals surface area (Å²) in [5.74, 6) is -1.53. The Morgan fingerprint density at radius 3 is 2.25 bits per heavy atom. The molecular weight excluding hydrogens is 650 g/mol. The molecule has 1 atom stereocenters. The van der Waals surface area contributed by atoms with Crippen molar-refractivity contribution in [3.63, 3.8) is 0 Å². The summed E-state index contributed by atoms with van der Waals surface area (Å²) in [4.78, 5) is 54.6. The zero-order valence-corrected chi connectivity index (χ0v) is 29.5. The third-order valence-electron chi connectivity index (χ3n) is 9.07. The van der Waals surface area contributed by atoms with E-state index in [9.17, 15) is 24.6 Å². The van der Waals surface area contributed by atoms with Crippen molar-refractivity contribution < 1.29 is 19.7 Å². The molecule has 51 heavy (non-hydrogen) atoms. The molecule has 272 valence electrons. The van der Waals surface area contributed by atoms with Crippen molar-refractivity contribution in [1.82, 2.24) is 28.7 Å². The average Bonchev–Trinajstić information content (AvgIpc) is 3.70. The van der Waals surface area contributed by atoms with Gasteiger partial charge in [-0.15, -0.1) is 0 Å². The summed E-state index contributed by atoms with van der Waals surface area (Å²) in [6, 6.07) is 14.3.